The Kier molecular flexibility index (Phi) is 0.932. The fourth-order valence-corrected chi connectivity index (χ4v) is 0.644. The second-order valence-corrected chi connectivity index (χ2v) is 1.82. The highest BCUT2D eigenvalue weighted by atomic mass is 14.7. The molecule has 7 heavy (non-hydrogen) atoms. The molecule has 0 atom stereocenters. The van der Waals surface area contributed by atoms with Crippen molar-refractivity contribution in [3.63, 3.8) is 0 Å². The average molecular weight is 92.9 g/mol. The molecule has 0 aliphatic heterocycles. The van der Waals surface area contributed by atoms with Gasteiger partial charge in [0.25, 0.3) is 0 Å². The van der Waals surface area contributed by atoms with Crippen LogP contribution in [-0.2, 0) is 0 Å². The molecule has 1 aromatic heterocycles. The molecular weight excluding hydrogens is 84.9 g/mol. The van der Waals surface area contributed by atoms with E-state index >= 15 is 0 Å². The molecule has 0 fully saturated rings. The molecule has 1 nitrogen and oxygen atoms in total. The maximum absolute atomic E-state index is 3.14. The van der Waals surface area contributed by atoms with Crippen LogP contribution in [0.5, 0.6) is 0 Å². The number of hydrogen-bond donors (Lipinski definition) is 1. The molecule has 36 valence electrons. The van der Waals surface area contributed by atoms with Gasteiger partial charge in [0.05, 0.1) is 0 Å². The van der Waals surface area contributed by atoms with E-state index in [1.165, 1.54) is 11.3 Å². The van der Waals surface area contributed by atoms with Crippen LogP contribution in [0.1, 0.15) is 5.69 Å². The fourth-order valence-electron chi connectivity index (χ4n) is 0.644. The molecule has 0 aliphatic rings. The fraction of sp³-hybridized carbons (Fsp3) is 0.200. The summed E-state index contributed by atoms with van der Waals surface area (Å²) in [5.41, 5.74) is 2.47. The first-order valence-electron chi connectivity index (χ1n) is 2.41. The summed E-state index contributed by atoms with van der Waals surface area (Å²) >= 11 is 0. The summed E-state index contributed by atoms with van der Waals surface area (Å²) in [5.74, 6) is 0. The summed E-state index contributed by atoms with van der Waals surface area (Å²) in [6.45, 7) is 2.05. The molecule has 0 saturated carbocycles. The van der Waals surface area contributed by atoms with E-state index in [4.69, 9.17) is 0 Å². The number of aryl methyl sites for hydroxylation is 1. The quantitative estimate of drug-likeness (QED) is 0.419. The third kappa shape index (κ3) is 0.859. The Morgan fingerprint density at radius 2 is 2.29 bits per heavy atom. The van der Waals surface area contributed by atoms with Crippen molar-refractivity contribution < 1.29 is 0 Å². The van der Waals surface area contributed by atoms with Crippen LogP contribution >= 0.6 is 0 Å². The van der Waals surface area contributed by atoms with Gasteiger partial charge in [0, 0.05) is 5.69 Å². The molecule has 0 aliphatic carbocycles. The summed E-state index contributed by atoms with van der Waals surface area (Å²) < 4.78 is 0. The molecule has 0 unspecified atom stereocenters. The van der Waals surface area contributed by atoms with Gasteiger partial charge in [-0.25, -0.2) is 0 Å². The van der Waals surface area contributed by atoms with E-state index in [0.29, 0.717) is 0 Å². The van der Waals surface area contributed by atoms with E-state index in [1.54, 1.807) is 0 Å². The van der Waals surface area contributed by atoms with Crippen molar-refractivity contribution in [1.29, 1.82) is 0 Å². The smallest absolute Gasteiger partial charge is 0.160 e. The van der Waals surface area contributed by atoms with E-state index in [9.17, 15) is 0 Å². The topological polar surface area (TPSA) is 15.8 Å². The van der Waals surface area contributed by atoms with Gasteiger partial charge >= 0.3 is 0 Å². The van der Waals surface area contributed by atoms with E-state index in [-0.39, 0.29) is 0 Å². The van der Waals surface area contributed by atoms with Crippen LogP contribution in [0.2, 0.25) is 0 Å². The van der Waals surface area contributed by atoms with Gasteiger partial charge in [-0.05, 0) is 18.6 Å². The van der Waals surface area contributed by atoms with Crippen molar-refractivity contribution in [3.8, 4) is 0 Å². The zero-order chi connectivity index (χ0) is 5.28. The molecule has 1 aromatic rings. The van der Waals surface area contributed by atoms with E-state index in [2.05, 4.69) is 17.1 Å². The second kappa shape index (κ2) is 1.45. The van der Waals surface area contributed by atoms with Gasteiger partial charge in [0.15, 0.2) is 7.85 Å². The predicted molar refractivity (Wildman–Crippen MR) is 33.7 cm³/mol. The van der Waals surface area contributed by atoms with Gasteiger partial charge in [-0.3, -0.25) is 0 Å². The van der Waals surface area contributed by atoms with Gasteiger partial charge in [0.1, 0.15) is 0 Å². The molecule has 0 bridgehead atoms. The van der Waals surface area contributed by atoms with Gasteiger partial charge < -0.3 is 4.98 Å². The van der Waals surface area contributed by atoms with Crippen molar-refractivity contribution in [2.75, 3.05) is 0 Å². The predicted octanol–water partition coefficient (Wildman–Crippen LogP) is -0.418. The van der Waals surface area contributed by atoms with Crippen LogP contribution in [0.25, 0.3) is 0 Å². The minimum Gasteiger partial charge on any atom is -0.372 e. The number of nitrogens with one attached hydrogen (secondary N) is 1. The lowest BCUT2D eigenvalue weighted by Gasteiger charge is -1.77. The Balaban J connectivity index is 3.04. The first-order valence-corrected chi connectivity index (χ1v) is 2.41. The van der Waals surface area contributed by atoms with Gasteiger partial charge in [-0.15, -0.1) is 0 Å². The van der Waals surface area contributed by atoms with Crippen LogP contribution in [0.15, 0.2) is 12.1 Å². The third-order valence-corrected chi connectivity index (χ3v) is 0.978. The average Bonchev–Trinajstić information content (AvgIpc) is 1.87. The number of hydrogen-bond acceptors (Lipinski definition) is 0. The highest BCUT2D eigenvalue weighted by molar-refractivity contribution is 6.30. The molecule has 0 radical (unpaired) electrons. The summed E-state index contributed by atoms with van der Waals surface area (Å²) in [4.78, 5) is 3.14. The molecule has 0 amide bonds. The molecule has 1 rings (SSSR count). The molecule has 2 heteroatoms. The lowest BCUT2D eigenvalue weighted by Crippen LogP contribution is -2.00. The summed E-state index contributed by atoms with van der Waals surface area (Å²) in [6, 6.07) is 4.13. The summed E-state index contributed by atoms with van der Waals surface area (Å²) in [5, 5.41) is 0. The van der Waals surface area contributed by atoms with E-state index < -0.39 is 0 Å². The normalized spacial score (nSPS) is 9.29. The molecule has 1 heterocycles. The van der Waals surface area contributed by atoms with Crippen LogP contribution in [0.4, 0.5) is 0 Å². The lowest BCUT2D eigenvalue weighted by molar-refractivity contribution is 1.30. The van der Waals surface area contributed by atoms with Crippen molar-refractivity contribution in [3.05, 3.63) is 17.8 Å². The minimum absolute atomic E-state index is 1.23. The lowest BCUT2D eigenvalue weighted by atomic mass is 10.1. The standard InChI is InChI=1S/C5H8BN/c1-4-2-3-5(6)7-4/h2-3,7H,6H2,1H3. The zero-order valence-corrected chi connectivity index (χ0v) is 4.65. The number of H-pyrrole nitrogens is 1. The van der Waals surface area contributed by atoms with Gasteiger partial charge in [-0.1, -0.05) is 6.07 Å². The Morgan fingerprint density at radius 3 is 2.43 bits per heavy atom. The van der Waals surface area contributed by atoms with Crippen LogP contribution < -0.4 is 5.59 Å². The monoisotopic (exact) mass is 93.1 g/mol. The highest BCUT2D eigenvalue weighted by Gasteiger charge is 1.82. The van der Waals surface area contributed by atoms with Gasteiger partial charge in [0.2, 0.25) is 0 Å². The molecule has 1 N–H and O–H groups in total. The zero-order valence-electron chi connectivity index (χ0n) is 4.65. The maximum atomic E-state index is 3.14. The molecule has 0 spiro atoms. The molecule has 0 saturated heterocycles. The number of aromatic amines is 1. The first kappa shape index (κ1) is 4.50. The number of aromatic nitrogens is 1. The Hall–Kier alpha value is -0.655. The summed E-state index contributed by atoms with van der Waals surface area (Å²) in [6.07, 6.45) is 0. The molecular formula is C5H8BN. The maximum Gasteiger partial charge on any atom is 0.160 e. The number of rotatable bonds is 0. The minimum atomic E-state index is 1.23. The van der Waals surface area contributed by atoms with Crippen molar-refractivity contribution >= 4 is 13.4 Å². The van der Waals surface area contributed by atoms with Crippen LogP contribution in [0.3, 0.4) is 0 Å². The largest absolute Gasteiger partial charge is 0.372 e. The van der Waals surface area contributed by atoms with E-state index in [0.717, 1.165) is 0 Å². The summed E-state index contributed by atoms with van der Waals surface area (Å²) in [7, 11) is 2.05. The first-order chi connectivity index (χ1) is 3.29. The second-order valence-electron chi connectivity index (χ2n) is 1.82. The van der Waals surface area contributed by atoms with Crippen LogP contribution in [0, 0.1) is 6.92 Å². The third-order valence-electron chi connectivity index (χ3n) is 0.978. The van der Waals surface area contributed by atoms with E-state index in [1.807, 2.05) is 14.8 Å². The van der Waals surface area contributed by atoms with Gasteiger partial charge in [-0.2, -0.15) is 0 Å². The Labute approximate surface area is 44.2 Å². The SMILES string of the molecule is Bc1ccc(C)[nH]1. The Morgan fingerprint density at radius 1 is 1.57 bits per heavy atom. The van der Waals surface area contributed by atoms with Crippen molar-refractivity contribution in [1.82, 2.24) is 4.98 Å². The molecule has 0 aromatic carbocycles. The van der Waals surface area contributed by atoms with Crippen molar-refractivity contribution in [2.24, 2.45) is 0 Å². The van der Waals surface area contributed by atoms with Crippen molar-refractivity contribution in [2.45, 2.75) is 6.92 Å². The highest BCUT2D eigenvalue weighted by Crippen LogP contribution is 1.83. The van der Waals surface area contributed by atoms with Crippen LogP contribution in [-0.4, -0.2) is 12.8 Å². The Bertz CT molecular complexity index is 140.